The number of hydrogen-bond donors (Lipinski definition) is 2. The highest BCUT2D eigenvalue weighted by Gasteiger charge is 2.20. The average Bonchev–Trinajstić information content (AvgIpc) is 2.27. The summed E-state index contributed by atoms with van der Waals surface area (Å²) in [6.07, 6.45) is 4.93. The van der Waals surface area contributed by atoms with Gasteiger partial charge in [0.25, 0.3) is 0 Å². The third-order valence-electron chi connectivity index (χ3n) is 3.31. The van der Waals surface area contributed by atoms with Gasteiger partial charge in [0, 0.05) is 18.1 Å². The Morgan fingerprint density at radius 3 is 2.63 bits per heavy atom. The van der Waals surface area contributed by atoms with E-state index in [-0.39, 0.29) is 11.4 Å². The molecular weight excluding hydrogens is 238 g/mol. The van der Waals surface area contributed by atoms with Crippen LogP contribution in [0.15, 0.2) is 0 Å². The van der Waals surface area contributed by atoms with Crippen LogP contribution in [-0.2, 0) is 4.79 Å². The molecule has 4 nitrogen and oxygen atoms in total. The van der Waals surface area contributed by atoms with Crippen LogP contribution in [0.4, 0.5) is 0 Å². The quantitative estimate of drug-likeness (QED) is 0.772. The van der Waals surface area contributed by atoms with Crippen LogP contribution in [0.1, 0.15) is 53.4 Å². The molecule has 1 atom stereocenters. The molecule has 2 N–H and O–H groups in total. The van der Waals surface area contributed by atoms with Gasteiger partial charge in [0.05, 0.1) is 6.54 Å². The van der Waals surface area contributed by atoms with E-state index in [1.54, 1.807) is 0 Å². The van der Waals surface area contributed by atoms with Crippen molar-refractivity contribution in [1.29, 1.82) is 0 Å². The van der Waals surface area contributed by atoms with Crippen LogP contribution in [0.2, 0.25) is 0 Å². The van der Waals surface area contributed by atoms with Crippen molar-refractivity contribution in [3.05, 3.63) is 0 Å². The third kappa shape index (κ3) is 7.53. The van der Waals surface area contributed by atoms with Gasteiger partial charge in [-0.15, -0.1) is 0 Å². The van der Waals surface area contributed by atoms with Gasteiger partial charge in [-0.3, -0.25) is 9.69 Å². The summed E-state index contributed by atoms with van der Waals surface area (Å²) in [6.45, 7) is 11.9. The summed E-state index contributed by atoms with van der Waals surface area (Å²) in [5.41, 5.74) is -0.141. The van der Waals surface area contributed by atoms with Gasteiger partial charge < -0.3 is 10.6 Å². The van der Waals surface area contributed by atoms with E-state index in [4.69, 9.17) is 0 Å². The Morgan fingerprint density at radius 2 is 2.11 bits per heavy atom. The van der Waals surface area contributed by atoms with Crippen LogP contribution in [-0.4, -0.2) is 48.6 Å². The van der Waals surface area contributed by atoms with Gasteiger partial charge in [0.1, 0.15) is 0 Å². The van der Waals surface area contributed by atoms with Gasteiger partial charge in [-0.05, 0) is 53.1 Å². The van der Waals surface area contributed by atoms with Crippen molar-refractivity contribution < 1.29 is 4.79 Å². The maximum absolute atomic E-state index is 12.0. The molecule has 1 unspecified atom stereocenters. The molecule has 1 aliphatic rings. The maximum Gasteiger partial charge on any atom is 0.234 e. The van der Waals surface area contributed by atoms with Crippen molar-refractivity contribution in [3.63, 3.8) is 0 Å². The van der Waals surface area contributed by atoms with E-state index in [0.29, 0.717) is 12.6 Å². The SMILES string of the molecule is CCCN(CC(=O)NC(C)(C)C)CC1CCCCN1. The Morgan fingerprint density at radius 1 is 1.37 bits per heavy atom. The minimum Gasteiger partial charge on any atom is -0.350 e. The van der Waals surface area contributed by atoms with Crippen LogP contribution in [0.3, 0.4) is 0 Å². The molecule has 4 heteroatoms. The molecule has 0 aromatic rings. The summed E-state index contributed by atoms with van der Waals surface area (Å²) in [5.74, 6) is 0.136. The number of carbonyl (C=O) groups excluding carboxylic acids is 1. The predicted octanol–water partition coefficient (Wildman–Crippen LogP) is 1.76. The van der Waals surface area contributed by atoms with Crippen LogP contribution < -0.4 is 10.6 Å². The first kappa shape index (κ1) is 16.4. The predicted molar refractivity (Wildman–Crippen MR) is 80.3 cm³/mol. The lowest BCUT2D eigenvalue weighted by atomic mass is 10.0. The van der Waals surface area contributed by atoms with Crippen LogP contribution >= 0.6 is 0 Å². The summed E-state index contributed by atoms with van der Waals surface area (Å²) in [4.78, 5) is 14.3. The summed E-state index contributed by atoms with van der Waals surface area (Å²) in [7, 11) is 0. The molecule has 0 aromatic carbocycles. The lowest BCUT2D eigenvalue weighted by molar-refractivity contribution is -0.123. The minimum absolute atomic E-state index is 0.136. The van der Waals surface area contributed by atoms with Gasteiger partial charge in [-0.1, -0.05) is 13.3 Å². The first-order valence-electron chi connectivity index (χ1n) is 7.67. The number of hydrogen-bond acceptors (Lipinski definition) is 3. The Bertz CT molecular complexity index is 267. The number of nitrogens with zero attached hydrogens (tertiary/aromatic N) is 1. The first-order valence-corrected chi connectivity index (χ1v) is 7.67. The van der Waals surface area contributed by atoms with Crippen molar-refractivity contribution in [3.8, 4) is 0 Å². The lowest BCUT2D eigenvalue weighted by Gasteiger charge is -2.31. The van der Waals surface area contributed by atoms with Crippen molar-refractivity contribution >= 4 is 5.91 Å². The standard InChI is InChI=1S/C15H31N3O/c1-5-10-18(11-13-8-6-7-9-16-13)12-14(19)17-15(2,3)4/h13,16H,5-12H2,1-4H3,(H,17,19). The Balaban J connectivity index is 2.40. The van der Waals surface area contributed by atoms with E-state index in [1.807, 2.05) is 20.8 Å². The molecule has 1 heterocycles. The molecule has 0 spiro atoms. The smallest absolute Gasteiger partial charge is 0.234 e. The summed E-state index contributed by atoms with van der Waals surface area (Å²) in [5, 5.41) is 6.60. The highest BCUT2D eigenvalue weighted by Crippen LogP contribution is 2.09. The van der Waals surface area contributed by atoms with Crippen LogP contribution in [0, 0.1) is 0 Å². The average molecular weight is 269 g/mol. The monoisotopic (exact) mass is 269 g/mol. The highest BCUT2D eigenvalue weighted by atomic mass is 16.2. The number of piperidine rings is 1. The molecule has 1 amide bonds. The summed E-state index contributed by atoms with van der Waals surface area (Å²) >= 11 is 0. The molecular formula is C15H31N3O. The minimum atomic E-state index is -0.141. The summed E-state index contributed by atoms with van der Waals surface area (Å²) < 4.78 is 0. The van der Waals surface area contributed by atoms with Crippen molar-refractivity contribution in [2.75, 3.05) is 26.2 Å². The molecule has 0 aliphatic carbocycles. The lowest BCUT2D eigenvalue weighted by Crippen LogP contribution is -2.49. The zero-order chi connectivity index (χ0) is 14.3. The molecule has 1 fully saturated rings. The van der Waals surface area contributed by atoms with E-state index >= 15 is 0 Å². The largest absolute Gasteiger partial charge is 0.350 e. The number of nitrogens with one attached hydrogen (secondary N) is 2. The van der Waals surface area contributed by atoms with Crippen LogP contribution in [0.5, 0.6) is 0 Å². The van der Waals surface area contributed by atoms with Crippen LogP contribution in [0.25, 0.3) is 0 Å². The molecule has 0 bridgehead atoms. The second-order valence-corrected chi connectivity index (χ2v) is 6.68. The van der Waals surface area contributed by atoms with Gasteiger partial charge in [-0.2, -0.15) is 0 Å². The molecule has 1 aliphatic heterocycles. The van der Waals surface area contributed by atoms with E-state index in [1.165, 1.54) is 19.3 Å². The van der Waals surface area contributed by atoms with Crippen molar-refractivity contribution in [2.24, 2.45) is 0 Å². The number of rotatable bonds is 6. The number of carbonyl (C=O) groups is 1. The highest BCUT2D eigenvalue weighted by molar-refractivity contribution is 5.78. The van der Waals surface area contributed by atoms with E-state index < -0.39 is 0 Å². The Hall–Kier alpha value is -0.610. The normalized spacial score (nSPS) is 20.6. The van der Waals surface area contributed by atoms with Gasteiger partial charge >= 0.3 is 0 Å². The molecule has 0 radical (unpaired) electrons. The molecule has 0 aromatic heterocycles. The Labute approximate surface area is 118 Å². The second kappa shape index (κ2) is 7.85. The van der Waals surface area contributed by atoms with E-state index in [0.717, 1.165) is 26.1 Å². The zero-order valence-electron chi connectivity index (χ0n) is 13.1. The molecule has 19 heavy (non-hydrogen) atoms. The summed E-state index contributed by atoms with van der Waals surface area (Å²) in [6, 6.07) is 0.558. The second-order valence-electron chi connectivity index (χ2n) is 6.68. The van der Waals surface area contributed by atoms with Crippen molar-refractivity contribution in [1.82, 2.24) is 15.5 Å². The third-order valence-corrected chi connectivity index (χ3v) is 3.31. The fourth-order valence-corrected chi connectivity index (χ4v) is 2.60. The van der Waals surface area contributed by atoms with E-state index in [9.17, 15) is 4.79 Å². The van der Waals surface area contributed by atoms with Crippen molar-refractivity contribution in [2.45, 2.75) is 65.0 Å². The van der Waals surface area contributed by atoms with E-state index in [2.05, 4.69) is 22.5 Å². The van der Waals surface area contributed by atoms with Gasteiger partial charge in [0.15, 0.2) is 0 Å². The van der Waals surface area contributed by atoms with Gasteiger partial charge in [-0.25, -0.2) is 0 Å². The maximum atomic E-state index is 12.0. The topological polar surface area (TPSA) is 44.4 Å². The molecule has 112 valence electrons. The van der Waals surface area contributed by atoms with Gasteiger partial charge in [0.2, 0.25) is 5.91 Å². The first-order chi connectivity index (χ1) is 8.90. The fourth-order valence-electron chi connectivity index (χ4n) is 2.60. The number of amides is 1. The zero-order valence-corrected chi connectivity index (χ0v) is 13.1. The molecule has 0 saturated carbocycles. The fraction of sp³-hybridized carbons (Fsp3) is 0.933. The molecule has 1 rings (SSSR count). The Kier molecular flexibility index (Phi) is 6.80. The molecule has 1 saturated heterocycles.